The summed E-state index contributed by atoms with van der Waals surface area (Å²) in [4.78, 5) is 5.94. The third kappa shape index (κ3) is 2.70. The summed E-state index contributed by atoms with van der Waals surface area (Å²) in [6.07, 6.45) is 9.80. The molecule has 2 heterocycles. The van der Waals surface area contributed by atoms with E-state index in [0.29, 0.717) is 11.8 Å². The topological polar surface area (TPSA) is 40.6 Å². The van der Waals surface area contributed by atoms with Gasteiger partial charge in [-0.1, -0.05) is 32.1 Å². The summed E-state index contributed by atoms with van der Waals surface area (Å²) in [6.45, 7) is 14.8. The molecule has 3 aliphatic carbocycles. The molecule has 0 radical (unpaired) electrons. The molecule has 4 nitrogen and oxygen atoms in total. The van der Waals surface area contributed by atoms with Crippen LogP contribution in [0.1, 0.15) is 37.8 Å². The Kier molecular flexibility index (Phi) is 4.07. The molecular formula is C25H25N3O. The second kappa shape index (κ2) is 6.53. The minimum Gasteiger partial charge on any atom is -0.490 e. The first-order valence-electron chi connectivity index (χ1n) is 10.5. The fraction of sp³-hybridized carbons (Fsp3) is 0.440. The lowest BCUT2D eigenvalue weighted by Crippen LogP contribution is -2.49. The fourth-order valence-electron chi connectivity index (χ4n) is 5.65. The number of anilines is 1. The zero-order valence-corrected chi connectivity index (χ0v) is 17.0. The summed E-state index contributed by atoms with van der Waals surface area (Å²) in [5, 5.41) is 9.39. The Morgan fingerprint density at radius 2 is 2.17 bits per heavy atom. The maximum atomic E-state index is 9.39. The van der Waals surface area contributed by atoms with Crippen LogP contribution in [0, 0.1) is 35.2 Å². The number of hydrogen-bond acceptors (Lipinski definition) is 3. The summed E-state index contributed by atoms with van der Waals surface area (Å²) < 4.78 is 5.98. The van der Waals surface area contributed by atoms with Gasteiger partial charge in [-0.15, -0.1) is 0 Å². The number of nitriles is 1. The Morgan fingerprint density at radius 3 is 2.93 bits per heavy atom. The molecule has 2 bridgehead atoms. The van der Waals surface area contributed by atoms with Crippen LogP contribution in [-0.4, -0.2) is 19.7 Å². The molecule has 5 aliphatic rings. The van der Waals surface area contributed by atoms with E-state index in [4.69, 9.17) is 11.3 Å². The van der Waals surface area contributed by atoms with Crippen molar-refractivity contribution < 1.29 is 4.74 Å². The standard InChI is InChI=1S/C25H25N3O/c1-25(2)20-14-21(25)19(22(15-26)27-3)13-17(20)7-6-16-11-18-5-4-8-28-9-10-29-23(12-16)24(18)28/h6-7,11-13,20-21H,4-5,8-10,14H2,1-2H3. The SMILES string of the molecule is [C-]#[N+]C(C#N)=C1C=C(C=Cc2cc3c4c(c2)OCCN4CCC3)C2CC1C2(C)C. The lowest BCUT2D eigenvalue weighted by molar-refractivity contribution is 0.0261. The van der Waals surface area contributed by atoms with Gasteiger partial charge in [-0.25, -0.2) is 10.1 Å². The summed E-state index contributed by atoms with van der Waals surface area (Å²) in [6, 6.07) is 6.55. The predicted molar refractivity (Wildman–Crippen MR) is 114 cm³/mol. The normalized spacial score (nSPS) is 27.7. The van der Waals surface area contributed by atoms with Crippen LogP contribution < -0.4 is 9.64 Å². The van der Waals surface area contributed by atoms with E-state index in [9.17, 15) is 5.26 Å². The van der Waals surface area contributed by atoms with Gasteiger partial charge in [0, 0.05) is 6.54 Å². The Bertz CT molecular complexity index is 1010. The second-order valence-corrected chi connectivity index (χ2v) is 9.13. The van der Waals surface area contributed by atoms with Crippen LogP contribution in [0.5, 0.6) is 5.75 Å². The molecule has 1 aromatic rings. The molecule has 2 atom stereocenters. The van der Waals surface area contributed by atoms with Crippen molar-refractivity contribution in [3.05, 3.63) is 63.7 Å². The average molecular weight is 383 g/mol. The summed E-state index contributed by atoms with van der Waals surface area (Å²) in [5.74, 6) is 1.82. The van der Waals surface area contributed by atoms with Crippen LogP contribution in [0.2, 0.25) is 0 Å². The largest absolute Gasteiger partial charge is 0.490 e. The maximum Gasteiger partial charge on any atom is 0.265 e. The van der Waals surface area contributed by atoms with E-state index in [1.807, 2.05) is 0 Å². The number of fused-ring (bicyclic) bond motifs is 1. The van der Waals surface area contributed by atoms with Crippen LogP contribution >= 0.6 is 0 Å². The van der Waals surface area contributed by atoms with Crippen molar-refractivity contribution in [3.8, 4) is 11.8 Å². The Hall–Kier alpha value is -2.98. The van der Waals surface area contributed by atoms with Gasteiger partial charge < -0.3 is 9.64 Å². The molecule has 2 unspecified atom stereocenters. The van der Waals surface area contributed by atoms with Crippen LogP contribution in [0.15, 0.2) is 41.1 Å². The third-order valence-corrected chi connectivity index (χ3v) is 7.31. The smallest absolute Gasteiger partial charge is 0.265 e. The van der Waals surface area contributed by atoms with Crippen molar-refractivity contribution in [2.24, 2.45) is 17.3 Å². The van der Waals surface area contributed by atoms with Crippen LogP contribution in [0.4, 0.5) is 5.69 Å². The molecule has 0 spiro atoms. The van der Waals surface area contributed by atoms with Gasteiger partial charge in [0.15, 0.2) is 0 Å². The summed E-state index contributed by atoms with van der Waals surface area (Å²) in [7, 11) is 0. The van der Waals surface area contributed by atoms with Crippen molar-refractivity contribution in [2.75, 3.05) is 24.6 Å². The van der Waals surface area contributed by atoms with Gasteiger partial charge in [0.25, 0.3) is 5.70 Å². The minimum atomic E-state index is 0.0992. The Labute approximate surface area is 172 Å². The highest BCUT2D eigenvalue weighted by Crippen LogP contribution is 2.62. The highest BCUT2D eigenvalue weighted by Gasteiger charge is 2.53. The zero-order chi connectivity index (χ0) is 20.2. The second-order valence-electron chi connectivity index (χ2n) is 9.13. The molecule has 29 heavy (non-hydrogen) atoms. The lowest BCUT2D eigenvalue weighted by atomic mass is 9.47. The monoisotopic (exact) mass is 383 g/mol. The van der Waals surface area contributed by atoms with Gasteiger partial charge in [0.2, 0.25) is 0 Å². The molecule has 0 aromatic heterocycles. The maximum absolute atomic E-state index is 9.39. The van der Waals surface area contributed by atoms with Crippen LogP contribution in [-0.2, 0) is 6.42 Å². The van der Waals surface area contributed by atoms with Gasteiger partial charge in [0.1, 0.15) is 12.4 Å². The molecule has 4 heteroatoms. The van der Waals surface area contributed by atoms with Gasteiger partial charge in [-0.05, 0) is 70.9 Å². The highest BCUT2D eigenvalue weighted by atomic mass is 16.5. The Morgan fingerprint density at radius 1 is 1.31 bits per heavy atom. The zero-order valence-electron chi connectivity index (χ0n) is 17.0. The average Bonchev–Trinajstić information content (AvgIpc) is 2.73. The molecule has 1 aromatic carbocycles. The quantitative estimate of drug-likeness (QED) is 0.524. The first-order chi connectivity index (χ1) is 14.0. The molecule has 1 saturated carbocycles. The molecular weight excluding hydrogens is 358 g/mol. The molecule has 146 valence electrons. The number of rotatable bonds is 2. The first-order valence-corrected chi connectivity index (χ1v) is 10.5. The molecule has 2 aliphatic heterocycles. The van der Waals surface area contributed by atoms with E-state index in [2.05, 4.69) is 60.0 Å². The number of hydrogen-bond donors (Lipinski definition) is 0. The van der Waals surface area contributed by atoms with Crippen LogP contribution in [0.3, 0.4) is 0 Å². The number of nitrogens with zero attached hydrogens (tertiary/aromatic N) is 3. The van der Waals surface area contributed by atoms with Crippen molar-refractivity contribution in [1.82, 2.24) is 0 Å². The number of allylic oxidation sites excluding steroid dienone is 5. The van der Waals surface area contributed by atoms with Crippen LogP contribution in [0.25, 0.3) is 10.9 Å². The molecule has 0 N–H and O–H groups in total. The van der Waals surface area contributed by atoms with E-state index < -0.39 is 0 Å². The van der Waals surface area contributed by atoms with E-state index in [1.54, 1.807) is 0 Å². The predicted octanol–water partition coefficient (Wildman–Crippen LogP) is 5.14. The number of ether oxygens (including phenoxy) is 1. The molecule has 0 saturated heterocycles. The fourth-order valence-corrected chi connectivity index (χ4v) is 5.65. The highest BCUT2D eigenvalue weighted by molar-refractivity contribution is 5.71. The molecule has 0 amide bonds. The summed E-state index contributed by atoms with van der Waals surface area (Å²) >= 11 is 0. The van der Waals surface area contributed by atoms with Crippen molar-refractivity contribution >= 4 is 11.8 Å². The van der Waals surface area contributed by atoms with Crippen molar-refractivity contribution in [2.45, 2.75) is 33.1 Å². The Balaban J connectivity index is 1.52. The van der Waals surface area contributed by atoms with Gasteiger partial charge in [-0.2, -0.15) is 0 Å². The van der Waals surface area contributed by atoms with Gasteiger partial charge >= 0.3 is 0 Å². The number of benzene rings is 1. The number of aryl methyl sites for hydroxylation is 1. The van der Waals surface area contributed by atoms with E-state index in [1.165, 1.54) is 28.8 Å². The van der Waals surface area contributed by atoms with E-state index >= 15 is 0 Å². The molecule has 1 fully saturated rings. The van der Waals surface area contributed by atoms with Gasteiger partial charge in [-0.3, -0.25) is 0 Å². The van der Waals surface area contributed by atoms with Crippen molar-refractivity contribution in [1.29, 1.82) is 5.26 Å². The third-order valence-electron chi connectivity index (χ3n) is 7.31. The van der Waals surface area contributed by atoms with E-state index in [0.717, 1.165) is 43.9 Å². The van der Waals surface area contributed by atoms with Crippen molar-refractivity contribution in [3.63, 3.8) is 0 Å². The molecule has 6 rings (SSSR count). The summed E-state index contributed by atoms with van der Waals surface area (Å²) in [5.41, 5.74) is 6.35. The van der Waals surface area contributed by atoms with E-state index in [-0.39, 0.29) is 11.1 Å². The minimum absolute atomic E-state index is 0.0992. The lowest BCUT2D eigenvalue weighted by Gasteiger charge is -2.57. The first kappa shape index (κ1) is 18.1. The van der Waals surface area contributed by atoms with Gasteiger partial charge in [0.05, 0.1) is 24.9 Å².